The third kappa shape index (κ3) is 1.77. The summed E-state index contributed by atoms with van der Waals surface area (Å²) in [5.74, 6) is 0.460. The Labute approximate surface area is 82.9 Å². The highest BCUT2D eigenvalue weighted by atomic mass is 32.2. The van der Waals surface area contributed by atoms with Gasteiger partial charge in [-0.15, -0.1) is 0 Å². The van der Waals surface area contributed by atoms with Gasteiger partial charge in [-0.1, -0.05) is 0 Å². The van der Waals surface area contributed by atoms with Crippen molar-refractivity contribution in [2.45, 2.75) is 10.1 Å². The molecule has 0 aliphatic rings. The van der Waals surface area contributed by atoms with Gasteiger partial charge in [0, 0.05) is 12.3 Å². The number of nitrogens with zero attached hydrogens (tertiary/aromatic N) is 2. The van der Waals surface area contributed by atoms with E-state index >= 15 is 0 Å². The maximum atomic E-state index is 10.9. The van der Waals surface area contributed by atoms with Crippen molar-refractivity contribution in [1.82, 2.24) is 20.2 Å². The van der Waals surface area contributed by atoms with E-state index in [0.29, 0.717) is 11.0 Å². The summed E-state index contributed by atoms with van der Waals surface area (Å²) in [6.07, 6.45) is 3.02. The van der Waals surface area contributed by atoms with Gasteiger partial charge in [-0.25, -0.2) is 4.98 Å². The summed E-state index contributed by atoms with van der Waals surface area (Å²) in [5, 5.41) is 6.83. The molecular weight excluding hydrogens is 202 g/mol. The first-order valence-corrected chi connectivity index (χ1v) is 4.59. The van der Waals surface area contributed by atoms with Gasteiger partial charge in [0.05, 0.1) is 11.1 Å². The lowest BCUT2D eigenvalue weighted by molar-refractivity contribution is 0.937. The minimum atomic E-state index is -0.190. The van der Waals surface area contributed by atoms with Gasteiger partial charge in [0.25, 0.3) is 5.56 Å². The van der Waals surface area contributed by atoms with E-state index in [9.17, 15) is 4.79 Å². The zero-order valence-corrected chi connectivity index (χ0v) is 7.84. The average molecular weight is 209 g/mol. The van der Waals surface area contributed by atoms with Crippen LogP contribution in [0.4, 0.5) is 5.82 Å². The number of aromatic nitrogens is 4. The third-order valence-electron chi connectivity index (χ3n) is 1.49. The van der Waals surface area contributed by atoms with Crippen LogP contribution in [0.2, 0.25) is 0 Å². The second-order valence-corrected chi connectivity index (χ2v) is 3.52. The molecule has 0 saturated carbocycles. The second-order valence-electron chi connectivity index (χ2n) is 2.49. The lowest BCUT2D eigenvalue weighted by Crippen LogP contribution is -2.05. The predicted octanol–water partition coefficient (Wildman–Crippen LogP) is 0.226. The molecule has 0 radical (unpaired) electrons. The molecule has 0 spiro atoms. The van der Waals surface area contributed by atoms with Crippen molar-refractivity contribution in [2.75, 3.05) is 5.73 Å². The molecule has 7 heteroatoms. The Bertz CT molecular complexity index is 491. The topological polar surface area (TPSA) is 100 Å². The van der Waals surface area contributed by atoms with E-state index in [4.69, 9.17) is 5.73 Å². The lowest BCUT2D eigenvalue weighted by Gasteiger charge is -1.96. The van der Waals surface area contributed by atoms with E-state index in [1.807, 2.05) is 0 Å². The standard InChI is InChI=1S/C7H7N5OS/c8-6-4(3-10-12-6)14-7-9-2-1-5(13)11-7/h1-3H,(H3,8,10,12)(H,9,11,13). The predicted molar refractivity (Wildman–Crippen MR) is 52.0 cm³/mol. The first kappa shape index (κ1) is 8.82. The SMILES string of the molecule is Nc1[nH]ncc1Sc1nccc(=O)[nH]1. The second kappa shape index (κ2) is 3.54. The number of H-pyrrole nitrogens is 2. The molecule has 2 aromatic rings. The van der Waals surface area contributed by atoms with Gasteiger partial charge < -0.3 is 10.7 Å². The highest BCUT2D eigenvalue weighted by Crippen LogP contribution is 2.26. The molecule has 0 aliphatic heterocycles. The van der Waals surface area contributed by atoms with Crippen LogP contribution in [0.1, 0.15) is 0 Å². The number of anilines is 1. The molecule has 2 aromatic heterocycles. The van der Waals surface area contributed by atoms with Crippen LogP contribution in [-0.4, -0.2) is 20.2 Å². The van der Waals surface area contributed by atoms with Crippen LogP contribution in [0.25, 0.3) is 0 Å². The van der Waals surface area contributed by atoms with Crippen molar-refractivity contribution in [1.29, 1.82) is 0 Å². The number of nitrogen functional groups attached to an aromatic ring is 1. The molecule has 4 N–H and O–H groups in total. The van der Waals surface area contributed by atoms with Gasteiger partial charge in [0.15, 0.2) is 5.16 Å². The van der Waals surface area contributed by atoms with E-state index in [0.717, 1.165) is 4.90 Å². The van der Waals surface area contributed by atoms with Crippen molar-refractivity contribution < 1.29 is 0 Å². The number of hydrogen-bond donors (Lipinski definition) is 3. The highest BCUT2D eigenvalue weighted by Gasteiger charge is 2.04. The Balaban J connectivity index is 2.27. The van der Waals surface area contributed by atoms with E-state index < -0.39 is 0 Å². The Hall–Kier alpha value is -1.76. The van der Waals surface area contributed by atoms with Crippen LogP contribution in [0.3, 0.4) is 0 Å². The summed E-state index contributed by atoms with van der Waals surface area (Å²) < 4.78 is 0. The lowest BCUT2D eigenvalue weighted by atomic mass is 10.7. The molecule has 72 valence electrons. The molecule has 0 aromatic carbocycles. The number of rotatable bonds is 2. The van der Waals surface area contributed by atoms with Crippen molar-refractivity contribution in [3.8, 4) is 0 Å². The Morgan fingerprint density at radius 2 is 2.36 bits per heavy atom. The normalized spacial score (nSPS) is 10.3. The fourth-order valence-electron chi connectivity index (χ4n) is 0.874. The van der Waals surface area contributed by atoms with Crippen LogP contribution in [0.15, 0.2) is 33.3 Å². The summed E-state index contributed by atoms with van der Waals surface area (Å²) in [5.41, 5.74) is 5.38. The molecular formula is C7H7N5OS. The van der Waals surface area contributed by atoms with Gasteiger partial charge in [-0.2, -0.15) is 5.10 Å². The zero-order chi connectivity index (χ0) is 9.97. The minimum Gasteiger partial charge on any atom is -0.383 e. The summed E-state index contributed by atoms with van der Waals surface area (Å²) >= 11 is 1.25. The van der Waals surface area contributed by atoms with Crippen LogP contribution in [-0.2, 0) is 0 Å². The molecule has 0 atom stereocenters. The number of hydrogen-bond acceptors (Lipinski definition) is 5. The molecule has 14 heavy (non-hydrogen) atoms. The van der Waals surface area contributed by atoms with Crippen LogP contribution in [0, 0.1) is 0 Å². The number of nitrogens with two attached hydrogens (primary N) is 1. The van der Waals surface area contributed by atoms with E-state index in [1.165, 1.54) is 24.0 Å². The van der Waals surface area contributed by atoms with Crippen LogP contribution < -0.4 is 11.3 Å². The van der Waals surface area contributed by atoms with Gasteiger partial charge in [0.2, 0.25) is 0 Å². The van der Waals surface area contributed by atoms with E-state index in [1.54, 1.807) is 6.20 Å². The van der Waals surface area contributed by atoms with E-state index in [-0.39, 0.29) is 5.56 Å². The van der Waals surface area contributed by atoms with Gasteiger partial charge in [-0.3, -0.25) is 9.89 Å². The van der Waals surface area contributed by atoms with Crippen LogP contribution >= 0.6 is 11.8 Å². The van der Waals surface area contributed by atoms with Crippen LogP contribution in [0.5, 0.6) is 0 Å². The Morgan fingerprint density at radius 1 is 1.50 bits per heavy atom. The number of aromatic amines is 2. The smallest absolute Gasteiger partial charge is 0.251 e. The highest BCUT2D eigenvalue weighted by molar-refractivity contribution is 7.99. The summed E-state index contributed by atoms with van der Waals surface area (Å²) in [7, 11) is 0. The van der Waals surface area contributed by atoms with E-state index in [2.05, 4.69) is 20.2 Å². The number of nitrogens with one attached hydrogen (secondary N) is 2. The van der Waals surface area contributed by atoms with Gasteiger partial charge in [-0.05, 0) is 11.8 Å². The molecule has 6 nitrogen and oxygen atoms in total. The molecule has 0 bridgehead atoms. The van der Waals surface area contributed by atoms with Crippen molar-refractivity contribution >= 4 is 17.6 Å². The molecule has 2 heterocycles. The summed E-state index contributed by atoms with van der Waals surface area (Å²) in [6, 6.07) is 1.35. The Kier molecular flexibility index (Phi) is 2.23. The monoisotopic (exact) mass is 209 g/mol. The zero-order valence-electron chi connectivity index (χ0n) is 7.02. The van der Waals surface area contributed by atoms with Crippen molar-refractivity contribution in [2.24, 2.45) is 0 Å². The third-order valence-corrected chi connectivity index (χ3v) is 2.43. The van der Waals surface area contributed by atoms with Crippen molar-refractivity contribution in [3.05, 3.63) is 28.8 Å². The summed E-state index contributed by atoms with van der Waals surface area (Å²) in [6.45, 7) is 0. The van der Waals surface area contributed by atoms with Crippen molar-refractivity contribution in [3.63, 3.8) is 0 Å². The maximum absolute atomic E-state index is 10.9. The molecule has 0 amide bonds. The average Bonchev–Trinajstić information content (AvgIpc) is 2.52. The largest absolute Gasteiger partial charge is 0.383 e. The minimum absolute atomic E-state index is 0.190. The molecule has 0 saturated heterocycles. The first-order valence-electron chi connectivity index (χ1n) is 3.78. The summed E-state index contributed by atoms with van der Waals surface area (Å²) in [4.78, 5) is 18.2. The fourth-order valence-corrected chi connectivity index (χ4v) is 1.61. The fraction of sp³-hybridized carbons (Fsp3) is 0. The van der Waals surface area contributed by atoms with Gasteiger partial charge >= 0.3 is 0 Å². The quantitative estimate of drug-likeness (QED) is 0.614. The molecule has 0 unspecified atom stereocenters. The maximum Gasteiger partial charge on any atom is 0.251 e. The van der Waals surface area contributed by atoms with Gasteiger partial charge in [0.1, 0.15) is 5.82 Å². The Morgan fingerprint density at radius 3 is 3.00 bits per heavy atom. The molecule has 0 aliphatic carbocycles. The molecule has 0 fully saturated rings. The molecule has 2 rings (SSSR count). The first-order chi connectivity index (χ1) is 6.75.